The first-order valence-electron chi connectivity index (χ1n) is 11.4. The van der Waals surface area contributed by atoms with Crippen molar-refractivity contribution in [1.29, 1.82) is 0 Å². The third-order valence-electron chi connectivity index (χ3n) is 6.26. The van der Waals surface area contributed by atoms with Gasteiger partial charge in [0.1, 0.15) is 5.82 Å². The van der Waals surface area contributed by atoms with Crippen LogP contribution in [0.5, 0.6) is 0 Å². The molecule has 8 heteroatoms. The lowest BCUT2D eigenvalue weighted by Gasteiger charge is -2.29. The zero-order valence-corrected chi connectivity index (χ0v) is 19.0. The fourth-order valence-electron chi connectivity index (χ4n) is 4.52. The van der Waals surface area contributed by atoms with E-state index in [9.17, 15) is 13.2 Å². The molecule has 1 aliphatic rings. The highest BCUT2D eigenvalue weighted by Crippen LogP contribution is 2.32. The van der Waals surface area contributed by atoms with Gasteiger partial charge in [0.25, 0.3) is 0 Å². The van der Waals surface area contributed by atoms with Crippen molar-refractivity contribution in [3.8, 4) is 0 Å². The third-order valence-corrected chi connectivity index (χ3v) is 6.26. The average molecular weight is 474 g/mol. The van der Waals surface area contributed by atoms with Crippen LogP contribution in [-0.2, 0) is 12.7 Å². The first-order chi connectivity index (χ1) is 15.8. The molecule has 5 nitrogen and oxygen atoms in total. The molecule has 0 spiro atoms. The number of alkyl halides is 3. The summed E-state index contributed by atoms with van der Waals surface area (Å²) in [7, 11) is 3.95. The average Bonchev–Trinajstić information content (AvgIpc) is 2.79. The van der Waals surface area contributed by atoms with E-state index < -0.39 is 11.7 Å². The van der Waals surface area contributed by atoms with Gasteiger partial charge in [0.05, 0.1) is 11.1 Å². The molecule has 1 aliphatic carbocycles. The highest BCUT2D eigenvalue weighted by molar-refractivity contribution is 5.90. The summed E-state index contributed by atoms with van der Waals surface area (Å²) in [4.78, 5) is 11.4. The Bertz CT molecular complexity index is 1080. The first-order valence-corrected chi connectivity index (χ1v) is 11.4. The van der Waals surface area contributed by atoms with Crippen molar-refractivity contribution in [2.45, 2.75) is 51.9 Å². The lowest BCUT2D eigenvalue weighted by atomic mass is 9.86. The van der Waals surface area contributed by atoms with Crippen molar-refractivity contribution in [3.05, 3.63) is 59.7 Å². The van der Waals surface area contributed by atoms with Crippen molar-refractivity contribution in [3.63, 3.8) is 0 Å². The van der Waals surface area contributed by atoms with E-state index in [1.165, 1.54) is 6.07 Å². The Hall–Kier alpha value is -2.87. The number of nitrogens with one attached hydrogen (secondary N) is 2. The molecule has 0 unspecified atom stereocenters. The molecular formula is C26H34F3N5. The molecule has 0 radical (unpaired) electrons. The van der Waals surface area contributed by atoms with Crippen LogP contribution < -0.4 is 15.5 Å². The number of rotatable bonds is 7. The number of fused-ring (bicyclic) bond motifs is 1. The Balaban J connectivity index is 0.00000324. The molecule has 1 aromatic heterocycles. The van der Waals surface area contributed by atoms with E-state index in [-0.39, 0.29) is 14.0 Å². The van der Waals surface area contributed by atoms with Gasteiger partial charge in [-0.25, -0.2) is 4.98 Å². The van der Waals surface area contributed by atoms with Gasteiger partial charge in [-0.15, -0.1) is 0 Å². The second kappa shape index (κ2) is 11.0. The summed E-state index contributed by atoms with van der Waals surface area (Å²) in [5.41, 5.74) is 0.652. The van der Waals surface area contributed by atoms with Gasteiger partial charge in [-0.2, -0.15) is 18.2 Å². The van der Waals surface area contributed by atoms with Crippen LogP contribution in [0.3, 0.4) is 0 Å². The predicted octanol–water partition coefficient (Wildman–Crippen LogP) is 6.11. The van der Waals surface area contributed by atoms with E-state index in [4.69, 9.17) is 4.98 Å². The highest BCUT2D eigenvalue weighted by atomic mass is 19.4. The Morgan fingerprint density at radius 2 is 1.62 bits per heavy atom. The number of nitrogens with zero attached hydrogens (tertiary/aromatic N) is 3. The summed E-state index contributed by atoms with van der Waals surface area (Å²) in [5.74, 6) is 1.99. The fourth-order valence-corrected chi connectivity index (χ4v) is 4.52. The van der Waals surface area contributed by atoms with Crippen molar-refractivity contribution >= 4 is 22.7 Å². The zero-order valence-electron chi connectivity index (χ0n) is 19.0. The van der Waals surface area contributed by atoms with E-state index in [1.807, 2.05) is 43.3 Å². The van der Waals surface area contributed by atoms with Crippen LogP contribution in [0, 0.1) is 5.92 Å². The maximum atomic E-state index is 13.2. The molecule has 2 aromatic carbocycles. The van der Waals surface area contributed by atoms with E-state index >= 15 is 0 Å². The Labute approximate surface area is 199 Å². The van der Waals surface area contributed by atoms with Crippen molar-refractivity contribution < 1.29 is 13.2 Å². The molecule has 184 valence electrons. The topological polar surface area (TPSA) is 53.1 Å². The van der Waals surface area contributed by atoms with E-state index in [0.29, 0.717) is 23.5 Å². The highest BCUT2D eigenvalue weighted by Gasteiger charge is 2.32. The predicted molar refractivity (Wildman–Crippen MR) is 133 cm³/mol. The molecule has 1 saturated carbocycles. The SMILES string of the molecule is C.CN(C)c1nc(NC2CCC(CNCc3ccccc3C(F)(F)F)CC2)nc2ccccc12. The molecule has 0 aliphatic heterocycles. The molecule has 2 N–H and O–H groups in total. The van der Waals surface area contributed by atoms with E-state index in [1.54, 1.807) is 12.1 Å². The molecule has 34 heavy (non-hydrogen) atoms. The summed E-state index contributed by atoms with van der Waals surface area (Å²) in [5, 5.41) is 7.76. The summed E-state index contributed by atoms with van der Waals surface area (Å²) in [6.07, 6.45) is -0.323. The number of halogens is 3. The molecule has 1 fully saturated rings. The van der Waals surface area contributed by atoms with Gasteiger partial charge < -0.3 is 15.5 Å². The van der Waals surface area contributed by atoms with Gasteiger partial charge in [-0.3, -0.25) is 0 Å². The van der Waals surface area contributed by atoms with Crippen LogP contribution >= 0.6 is 0 Å². The number of hydrogen-bond donors (Lipinski definition) is 2. The van der Waals surface area contributed by atoms with Crippen molar-refractivity contribution in [2.24, 2.45) is 5.92 Å². The number of para-hydroxylation sites is 1. The van der Waals surface area contributed by atoms with Gasteiger partial charge in [-0.05, 0) is 61.9 Å². The third kappa shape index (κ3) is 6.17. The zero-order chi connectivity index (χ0) is 23.4. The lowest BCUT2D eigenvalue weighted by Crippen LogP contribution is -2.32. The van der Waals surface area contributed by atoms with Gasteiger partial charge in [0, 0.05) is 32.1 Å². The second-order valence-corrected chi connectivity index (χ2v) is 8.93. The second-order valence-electron chi connectivity index (χ2n) is 8.93. The molecule has 0 saturated heterocycles. The van der Waals surface area contributed by atoms with Crippen LogP contribution in [0.15, 0.2) is 48.5 Å². The number of hydrogen-bond acceptors (Lipinski definition) is 5. The standard InChI is InChI=1S/C25H30F3N5.CH4/c1-33(2)23-20-8-4-6-10-22(20)31-24(32-23)30-19-13-11-17(12-14-19)15-29-16-18-7-3-5-9-21(18)25(26,27)28;/h3-10,17,19,29H,11-16H2,1-2H3,(H,30,31,32);1H4. The van der Waals surface area contributed by atoms with E-state index in [2.05, 4.69) is 15.6 Å². The first kappa shape index (κ1) is 25.7. The minimum atomic E-state index is -4.32. The van der Waals surface area contributed by atoms with E-state index in [0.717, 1.165) is 55.0 Å². The van der Waals surface area contributed by atoms with Crippen LogP contribution in [0.2, 0.25) is 0 Å². The number of aromatic nitrogens is 2. The van der Waals surface area contributed by atoms with Gasteiger partial charge in [0.2, 0.25) is 5.95 Å². The van der Waals surface area contributed by atoms with Crippen LogP contribution in [-0.4, -0.2) is 36.6 Å². The van der Waals surface area contributed by atoms with Crippen LogP contribution in [0.25, 0.3) is 10.9 Å². The maximum Gasteiger partial charge on any atom is 0.416 e. The summed E-state index contributed by atoms with van der Waals surface area (Å²) in [6.45, 7) is 0.947. The molecular weight excluding hydrogens is 439 g/mol. The summed E-state index contributed by atoms with van der Waals surface area (Å²) < 4.78 is 39.5. The Morgan fingerprint density at radius 3 is 2.32 bits per heavy atom. The maximum absolute atomic E-state index is 13.2. The van der Waals surface area contributed by atoms with Gasteiger partial charge in [0.15, 0.2) is 0 Å². The van der Waals surface area contributed by atoms with Crippen molar-refractivity contribution in [2.75, 3.05) is 30.9 Å². The minimum Gasteiger partial charge on any atom is -0.362 e. The normalized spacial score (nSPS) is 18.4. The quantitative estimate of drug-likeness (QED) is 0.434. The van der Waals surface area contributed by atoms with Gasteiger partial charge >= 0.3 is 6.18 Å². The minimum absolute atomic E-state index is 0. The Kier molecular flexibility index (Phi) is 8.36. The summed E-state index contributed by atoms with van der Waals surface area (Å²) in [6, 6.07) is 14.1. The number of benzene rings is 2. The molecule has 4 rings (SSSR count). The largest absolute Gasteiger partial charge is 0.416 e. The van der Waals surface area contributed by atoms with Gasteiger partial charge in [-0.1, -0.05) is 37.8 Å². The fraction of sp³-hybridized carbons (Fsp3) is 0.462. The monoisotopic (exact) mass is 473 g/mol. The van der Waals surface area contributed by atoms with Crippen LogP contribution in [0.1, 0.15) is 44.2 Å². The molecule has 0 amide bonds. The lowest BCUT2D eigenvalue weighted by molar-refractivity contribution is -0.138. The van der Waals surface area contributed by atoms with Crippen LogP contribution in [0.4, 0.5) is 24.9 Å². The number of anilines is 2. The smallest absolute Gasteiger partial charge is 0.362 e. The molecule has 0 bridgehead atoms. The Morgan fingerprint density at radius 1 is 0.941 bits per heavy atom. The summed E-state index contributed by atoms with van der Waals surface area (Å²) >= 11 is 0. The molecule has 0 atom stereocenters. The van der Waals surface area contributed by atoms with Crippen molar-refractivity contribution in [1.82, 2.24) is 15.3 Å². The molecule has 1 heterocycles. The molecule has 3 aromatic rings.